The summed E-state index contributed by atoms with van der Waals surface area (Å²) < 4.78 is 0. The van der Waals surface area contributed by atoms with E-state index in [9.17, 15) is 9.59 Å². The van der Waals surface area contributed by atoms with Gasteiger partial charge in [-0.3, -0.25) is 9.59 Å². The van der Waals surface area contributed by atoms with Gasteiger partial charge in [-0.1, -0.05) is 12.1 Å². The Morgan fingerprint density at radius 1 is 1.04 bits per heavy atom. The molecule has 6 rings (SSSR count). The van der Waals surface area contributed by atoms with Crippen LogP contribution in [0.2, 0.25) is 0 Å². The maximum Gasteiger partial charge on any atom is 0.227 e. The van der Waals surface area contributed by atoms with Crippen LogP contribution in [-0.2, 0) is 16.0 Å². The number of carbonyl (C=O) groups excluding carboxylic acids is 2. The first kappa shape index (κ1) is 17.3. The molecule has 5 aliphatic rings. The van der Waals surface area contributed by atoms with E-state index < -0.39 is 0 Å². The van der Waals surface area contributed by atoms with E-state index in [4.69, 9.17) is 0 Å². The summed E-state index contributed by atoms with van der Waals surface area (Å²) in [5, 5.41) is 3.26. The van der Waals surface area contributed by atoms with Crippen LogP contribution in [0, 0.1) is 23.2 Å². The molecule has 4 saturated carbocycles. The summed E-state index contributed by atoms with van der Waals surface area (Å²) in [6, 6.07) is 7.94. The van der Waals surface area contributed by atoms with E-state index in [0.717, 1.165) is 48.5 Å². The van der Waals surface area contributed by atoms with E-state index >= 15 is 0 Å². The molecule has 1 aromatic rings. The molecule has 0 aromatic heterocycles. The molecule has 4 nitrogen and oxygen atoms in total. The summed E-state index contributed by atoms with van der Waals surface area (Å²) in [4.78, 5) is 26.2. The van der Waals surface area contributed by atoms with Gasteiger partial charge in [0.25, 0.3) is 0 Å². The molecule has 5 fully saturated rings. The Bertz CT molecular complexity index is 704. The van der Waals surface area contributed by atoms with Crippen molar-refractivity contribution in [3.8, 4) is 0 Å². The summed E-state index contributed by atoms with van der Waals surface area (Å²) in [6.07, 6.45) is 10.3. The Labute approximate surface area is 161 Å². The van der Waals surface area contributed by atoms with Crippen molar-refractivity contribution in [1.29, 1.82) is 0 Å². The Morgan fingerprint density at radius 3 is 2.22 bits per heavy atom. The van der Waals surface area contributed by atoms with Gasteiger partial charge in [-0.2, -0.15) is 0 Å². The van der Waals surface area contributed by atoms with E-state index in [1.165, 1.54) is 38.5 Å². The Hall–Kier alpha value is -1.84. The molecule has 27 heavy (non-hydrogen) atoms. The number of benzene rings is 1. The second-order valence-electron chi connectivity index (χ2n) is 9.69. The van der Waals surface area contributed by atoms with Crippen LogP contribution in [0.3, 0.4) is 0 Å². The van der Waals surface area contributed by atoms with E-state index in [2.05, 4.69) is 5.32 Å². The molecule has 0 spiro atoms. The molecule has 1 saturated heterocycles. The number of nitrogens with zero attached hydrogens (tertiary/aromatic N) is 1. The second-order valence-corrected chi connectivity index (χ2v) is 9.69. The van der Waals surface area contributed by atoms with E-state index in [1.807, 2.05) is 29.2 Å². The van der Waals surface area contributed by atoms with E-state index in [1.54, 1.807) is 0 Å². The minimum Gasteiger partial charge on any atom is -0.355 e. The zero-order valence-corrected chi connectivity index (χ0v) is 16.1. The Morgan fingerprint density at radius 2 is 1.67 bits per heavy atom. The minimum atomic E-state index is 0.135. The molecule has 0 unspecified atom stereocenters. The highest BCUT2D eigenvalue weighted by atomic mass is 16.2. The van der Waals surface area contributed by atoms with Gasteiger partial charge in [-0.05, 0) is 85.8 Å². The molecule has 4 aliphatic carbocycles. The molecular weight excluding hydrogens is 336 g/mol. The van der Waals surface area contributed by atoms with Crippen molar-refractivity contribution < 1.29 is 9.59 Å². The van der Waals surface area contributed by atoms with Gasteiger partial charge in [0, 0.05) is 25.2 Å². The van der Waals surface area contributed by atoms with Gasteiger partial charge in [-0.15, -0.1) is 0 Å². The largest absolute Gasteiger partial charge is 0.355 e. The SMILES string of the molecule is O=C(Cc1ccc(N2CCCC2=O)cc1)NCC12CC3CC(CC(C3)C1)C2. The molecule has 2 amide bonds. The van der Waals surface area contributed by atoms with Crippen LogP contribution >= 0.6 is 0 Å². The van der Waals surface area contributed by atoms with Gasteiger partial charge >= 0.3 is 0 Å². The van der Waals surface area contributed by atoms with E-state index in [0.29, 0.717) is 18.3 Å². The molecule has 144 valence electrons. The van der Waals surface area contributed by atoms with Crippen LogP contribution in [0.4, 0.5) is 5.69 Å². The first-order chi connectivity index (χ1) is 13.1. The first-order valence-corrected chi connectivity index (χ1v) is 10.7. The van der Waals surface area contributed by atoms with Crippen molar-refractivity contribution in [3.05, 3.63) is 29.8 Å². The third-order valence-electron chi connectivity index (χ3n) is 7.51. The smallest absolute Gasteiger partial charge is 0.227 e. The monoisotopic (exact) mass is 366 g/mol. The maximum absolute atomic E-state index is 12.5. The van der Waals surface area contributed by atoms with Crippen molar-refractivity contribution in [3.63, 3.8) is 0 Å². The number of carbonyl (C=O) groups is 2. The summed E-state index contributed by atoms with van der Waals surface area (Å²) in [7, 11) is 0. The number of hydrogen-bond acceptors (Lipinski definition) is 2. The van der Waals surface area contributed by atoms with Gasteiger partial charge in [-0.25, -0.2) is 0 Å². The summed E-state index contributed by atoms with van der Waals surface area (Å²) in [6.45, 7) is 1.68. The molecule has 1 aliphatic heterocycles. The van der Waals surface area contributed by atoms with E-state index in [-0.39, 0.29) is 11.8 Å². The van der Waals surface area contributed by atoms with Gasteiger partial charge in [0.05, 0.1) is 6.42 Å². The number of anilines is 1. The van der Waals surface area contributed by atoms with Crippen LogP contribution in [0.5, 0.6) is 0 Å². The lowest BCUT2D eigenvalue weighted by molar-refractivity contribution is -0.122. The fourth-order valence-electron chi connectivity index (χ4n) is 6.76. The van der Waals surface area contributed by atoms with Gasteiger partial charge in [0.15, 0.2) is 0 Å². The molecule has 0 radical (unpaired) electrons. The van der Waals surface area contributed by atoms with Crippen molar-refractivity contribution in [2.75, 3.05) is 18.0 Å². The lowest BCUT2D eigenvalue weighted by Crippen LogP contribution is -2.51. The second kappa shape index (κ2) is 6.65. The molecular formula is C23H30N2O2. The van der Waals surface area contributed by atoms with Gasteiger partial charge < -0.3 is 10.2 Å². The highest BCUT2D eigenvalue weighted by Gasteiger charge is 2.50. The van der Waals surface area contributed by atoms with Gasteiger partial charge in [0.1, 0.15) is 0 Å². The van der Waals surface area contributed by atoms with Crippen LogP contribution in [0.1, 0.15) is 56.9 Å². The fourth-order valence-corrected chi connectivity index (χ4v) is 6.76. The topological polar surface area (TPSA) is 49.4 Å². The molecule has 4 bridgehead atoms. The zero-order chi connectivity index (χ0) is 18.4. The number of nitrogens with one attached hydrogen (secondary N) is 1. The van der Waals surface area contributed by atoms with Gasteiger partial charge in [0.2, 0.25) is 11.8 Å². The average molecular weight is 367 g/mol. The highest BCUT2D eigenvalue weighted by molar-refractivity contribution is 5.95. The highest BCUT2D eigenvalue weighted by Crippen LogP contribution is 2.59. The normalized spacial score (nSPS) is 34.3. The predicted molar refractivity (Wildman–Crippen MR) is 105 cm³/mol. The van der Waals surface area contributed by atoms with Crippen molar-refractivity contribution in [1.82, 2.24) is 5.32 Å². The van der Waals surface area contributed by atoms with Crippen molar-refractivity contribution >= 4 is 17.5 Å². The van der Waals surface area contributed by atoms with Crippen LogP contribution in [0.25, 0.3) is 0 Å². The first-order valence-electron chi connectivity index (χ1n) is 10.7. The zero-order valence-electron chi connectivity index (χ0n) is 16.1. The summed E-state index contributed by atoms with van der Waals surface area (Å²) in [5.74, 6) is 3.11. The van der Waals surface area contributed by atoms with Crippen molar-refractivity contribution in [2.24, 2.45) is 23.2 Å². The standard InChI is InChI=1S/C23H30N2O2/c26-21(11-16-3-5-20(6-4-16)25-7-1-2-22(25)27)24-15-23-12-17-8-18(13-23)10-19(9-17)14-23/h3-6,17-19H,1-2,7-15H2,(H,24,26). The number of hydrogen-bond donors (Lipinski definition) is 1. The molecule has 1 heterocycles. The third kappa shape index (κ3) is 3.39. The summed E-state index contributed by atoms with van der Waals surface area (Å²) in [5.41, 5.74) is 2.37. The summed E-state index contributed by atoms with van der Waals surface area (Å²) >= 11 is 0. The van der Waals surface area contributed by atoms with Crippen LogP contribution in [-0.4, -0.2) is 24.9 Å². The maximum atomic E-state index is 12.5. The lowest BCUT2D eigenvalue weighted by Gasteiger charge is -2.56. The van der Waals surface area contributed by atoms with Crippen LogP contribution < -0.4 is 10.2 Å². The fraction of sp³-hybridized carbons (Fsp3) is 0.652. The third-order valence-corrected chi connectivity index (χ3v) is 7.51. The molecule has 4 heteroatoms. The molecule has 1 N–H and O–H groups in total. The Balaban J connectivity index is 1.16. The molecule has 1 aromatic carbocycles. The number of rotatable bonds is 5. The average Bonchev–Trinajstić information content (AvgIpc) is 3.06. The number of amides is 2. The lowest BCUT2D eigenvalue weighted by atomic mass is 9.49. The quantitative estimate of drug-likeness (QED) is 0.864. The van der Waals surface area contributed by atoms with Crippen LogP contribution in [0.15, 0.2) is 24.3 Å². The minimum absolute atomic E-state index is 0.135. The predicted octanol–water partition coefficient (Wildman–Crippen LogP) is 3.69. The van der Waals surface area contributed by atoms with Crippen molar-refractivity contribution in [2.45, 2.75) is 57.8 Å². The Kier molecular flexibility index (Phi) is 4.25. The molecule has 0 atom stereocenters.